The van der Waals surface area contributed by atoms with Gasteiger partial charge in [0.05, 0.1) is 18.4 Å². The van der Waals surface area contributed by atoms with E-state index in [9.17, 15) is 9.90 Å². The molecule has 4 nitrogen and oxygen atoms in total. The predicted molar refractivity (Wildman–Crippen MR) is 69.2 cm³/mol. The summed E-state index contributed by atoms with van der Waals surface area (Å²) in [4.78, 5) is 11.4. The molecule has 1 aliphatic rings. The monoisotopic (exact) mass is 307 g/mol. The second-order valence-electron chi connectivity index (χ2n) is 4.17. The van der Waals surface area contributed by atoms with E-state index in [0.717, 1.165) is 10.0 Å². The van der Waals surface area contributed by atoms with Crippen LogP contribution in [0.5, 0.6) is 0 Å². The normalized spacial score (nSPS) is 15.3. The molecule has 0 fully saturated rings. The lowest BCUT2D eigenvalue weighted by atomic mass is 10.0. The van der Waals surface area contributed by atoms with Crippen molar-refractivity contribution in [3.63, 3.8) is 0 Å². The molecule has 1 aliphatic heterocycles. The Kier molecular flexibility index (Phi) is 2.72. The van der Waals surface area contributed by atoms with Gasteiger partial charge in [-0.1, -0.05) is 15.9 Å². The van der Waals surface area contributed by atoms with Crippen LogP contribution < -0.4 is 5.32 Å². The second-order valence-corrected chi connectivity index (χ2v) is 5.09. The summed E-state index contributed by atoms with van der Waals surface area (Å²) in [5.41, 5.74) is 2.21. The van der Waals surface area contributed by atoms with E-state index in [-0.39, 0.29) is 5.91 Å². The molecular formula is C13H10BrNO3. The molecule has 1 aromatic carbocycles. The van der Waals surface area contributed by atoms with Crippen molar-refractivity contribution >= 4 is 27.5 Å². The van der Waals surface area contributed by atoms with Gasteiger partial charge < -0.3 is 14.8 Å². The van der Waals surface area contributed by atoms with Crippen LogP contribution in [-0.2, 0) is 11.2 Å². The van der Waals surface area contributed by atoms with Crippen LogP contribution in [-0.4, -0.2) is 11.0 Å². The topological polar surface area (TPSA) is 62.5 Å². The maximum Gasteiger partial charge on any atom is 0.228 e. The molecule has 0 bridgehead atoms. The second kappa shape index (κ2) is 4.26. The number of nitrogens with one attached hydrogen (secondary N) is 1. The lowest BCUT2D eigenvalue weighted by Gasteiger charge is -2.13. The standard InChI is InChI=1S/C13H10BrNO3/c14-8-4-7-5-11(16)15-12(7)9(6-8)13(17)10-2-1-3-18-10/h1-4,6,13,17H,5H2,(H,15,16). The van der Waals surface area contributed by atoms with E-state index < -0.39 is 6.10 Å². The summed E-state index contributed by atoms with van der Waals surface area (Å²) < 4.78 is 6.03. The number of rotatable bonds is 2. The molecule has 2 heterocycles. The van der Waals surface area contributed by atoms with Crippen molar-refractivity contribution < 1.29 is 14.3 Å². The highest BCUT2D eigenvalue weighted by molar-refractivity contribution is 9.10. The summed E-state index contributed by atoms with van der Waals surface area (Å²) in [5.74, 6) is 0.396. The van der Waals surface area contributed by atoms with E-state index >= 15 is 0 Å². The van der Waals surface area contributed by atoms with Gasteiger partial charge in [-0.3, -0.25) is 4.79 Å². The fraction of sp³-hybridized carbons (Fsp3) is 0.154. The third kappa shape index (κ3) is 1.85. The Morgan fingerprint density at radius 1 is 1.44 bits per heavy atom. The highest BCUT2D eigenvalue weighted by atomic mass is 79.9. The molecular weight excluding hydrogens is 298 g/mol. The number of halogens is 1. The van der Waals surface area contributed by atoms with Crippen LogP contribution in [0.1, 0.15) is 23.0 Å². The molecule has 3 rings (SSSR count). The first kappa shape index (κ1) is 11.5. The maximum absolute atomic E-state index is 11.4. The van der Waals surface area contributed by atoms with E-state index in [2.05, 4.69) is 21.2 Å². The molecule has 1 atom stereocenters. The molecule has 18 heavy (non-hydrogen) atoms. The Morgan fingerprint density at radius 3 is 3.00 bits per heavy atom. The number of hydrogen-bond donors (Lipinski definition) is 2. The number of amides is 1. The lowest BCUT2D eigenvalue weighted by Crippen LogP contribution is -2.07. The van der Waals surface area contributed by atoms with Crippen molar-refractivity contribution in [2.75, 3.05) is 5.32 Å². The Hall–Kier alpha value is -1.59. The number of aliphatic hydroxyl groups excluding tert-OH is 1. The molecule has 2 aromatic rings. The molecule has 0 saturated heterocycles. The largest absolute Gasteiger partial charge is 0.466 e. The van der Waals surface area contributed by atoms with Gasteiger partial charge in [0.2, 0.25) is 5.91 Å². The lowest BCUT2D eigenvalue weighted by molar-refractivity contribution is -0.115. The summed E-state index contributed by atoms with van der Waals surface area (Å²) >= 11 is 3.39. The average molecular weight is 308 g/mol. The number of carbonyl (C=O) groups is 1. The minimum Gasteiger partial charge on any atom is -0.466 e. The van der Waals surface area contributed by atoms with Gasteiger partial charge >= 0.3 is 0 Å². The molecule has 92 valence electrons. The van der Waals surface area contributed by atoms with Gasteiger partial charge in [-0.15, -0.1) is 0 Å². The van der Waals surface area contributed by atoms with Crippen molar-refractivity contribution in [2.45, 2.75) is 12.5 Å². The Labute approximate surface area is 112 Å². The minimum atomic E-state index is -0.885. The number of furan rings is 1. The number of anilines is 1. The van der Waals surface area contributed by atoms with Crippen molar-refractivity contribution in [3.05, 3.63) is 51.9 Å². The maximum atomic E-state index is 11.4. The summed E-state index contributed by atoms with van der Waals surface area (Å²) in [6, 6.07) is 7.09. The number of aliphatic hydroxyl groups is 1. The number of hydrogen-bond acceptors (Lipinski definition) is 3. The van der Waals surface area contributed by atoms with Crippen LogP contribution in [0.4, 0.5) is 5.69 Å². The van der Waals surface area contributed by atoms with Gasteiger partial charge in [0, 0.05) is 10.0 Å². The Bertz CT molecular complexity index is 607. The molecule has 0 aliphatic carbocycles. The number of benzene rings is 1. The quantitative estimate of drug-likeness (QED) is 0.896. The van der Waals surface area contributed by atoms with Crippen LogP contribution in [0.2, 0.25) is 0 Å². The predicted octanol–water partition coefficient (Wildman–Crippen LogP) is 2.62. The van der Waals surface area contributed by atoms with Crippen LogP contribution >= 0.6 is 15.9 Å². The van der Waals surface area contributed by atoms with Crippen LogP contribution in [0.25, 0.3) is 0 Å². The highest BCUT2D eigenvalue weighted by Gasteiger charge is 2.26. The molecule has 5 heteroatoms. The van der Waals surface area contributed by atoms with E-state index in [1.165, 1.54) is 6.26 Å². The van der Waals surface area contributed by atoms with Gasteiger partial charge in [0.25, 0.3) is 0 Å². The minimum absolute atomic E-state index is 0.0593. The fourth-order valence-electron chi connectivity index (χ4n) is 2.15. The first-order valence-corrected chi connectivity index (χ1v) is 6.28. The molecule has 2 N–H and O–H groups in total. The average Bonchev–Trinajstić information content (AvgIpc) is 2.94. The zero-order valence-electron chi connectivity index (χ0n) is 9.31. The molecule has 1 unspecified atom stereocenters. The van der Waals surface area contributed by atoms with Gasteiger partial charge in [-0.05, 0) is 29.8 Å². The third-order valence-corrected chi connectivity index (χ3v) is 3.40. The molecule has 0 saturated carbocycles. The van der Waals surface area contributed by atoms with Crippen molar-refractivity contribution in [1.82, 2.24) is 0 Å². The van der Waals surface area contributed by atoms with Crippen molar-refractivity contribution in [2.24, 2.45) is 0 Å². The van der Waals surface area contributed by atoms with Gasteiger partial charge in [0.15, 0.2) is 0 Å². The van der Waals surface area contributed by atoms with E-state index in [0.29, 0.717) is 23.4 Å². The smallest absolute Gasteiger partial charge is 0.228 e. The molecule has 0 spiro atoms. The Morgan fingerprint density at radius 2 is 2.28 bits per heavy atom. The zero-order chi connectivity index (χ0) is 12.7. The summed E-state index contributed by atoms with van der Waals surface area (Å²) in [6.45, 7) is 0. The van der Waals surface area contributed by atoms with E-state index in [1.807, 2.05) is 6.07 Å². The van der Waals surface area contributed by atoms with Crippen LogP contribution in [0.3, 0.4) is 0 Å². The SMILES string of the molecule is O=C1Cc2cc(Br)cc(C(O)c3ccco3)c2N1. The van der Waals surface area contributed by atoms with Crippen LogP contribution in [0, 0.1) is 0 Å². The van der Waals surface area contributed by atoms with Crippen molar-refractivity contribution in [3.8, 4) is 0 Å². The first-order chi connectivity index (χ1) is 8.65. The molecule has 1 amide bonds. The fourth-order valence-corrected chi connectivity index (χ4v) is 2.67. The van der Waals surface area contributed by atoms with E-state index in [1.54, 1.807) is 18.2 Å². The van der Waals surface area contributed by atoms with Gasteiger partial charge in [-0.2, -0.15) is 0 Å². The summed E-state index contributed by atoms with van der Waals surface area (Å²) in [7, 11) is 0. The highest BCUT2D eigenvalue weighted by Crippen LogP contribution is 2.36. The number of fused-ring (bicyclic) bond motifs is 1. The van der Waals surface area contributed by atoms with Gasteiger partial charge in [-0.25, -0.2) is 0 Å². The summed E-state index contributed by atoms with van der Waals surface area (Å²) in [6.07, 6.45) is 0.965. The third-order valence-electron chi connectivity index (χ3n) is 2.94. The first-order valence-electron chi connectivity index (χ1n) is 5.49. The molecule has 1 aromatic heterocycles. The van der Waals surface area contributed by atoms with Crippen LogP contribution in [0.15, 0.2) is 39.4 Å². The zero-order valence-corrected chi connectivity index (χ0v) is 10.9. The van der Waals surface area contributed by atoms with Gasteiger partial charge in [0.1, 0.15) is 11.9 Å². The van der Waals surface area contributed by atoms with Crippen molar-refractivity contribution in [1.29, 1.82) is 0 Å². The number of carbonyl (C=O) groups excluding carboxylic acids is 1. The molecule has 0 radical (unpaired) electrons. The summed E-state index contributed by atoms with van der Waals surface area (Å²) in [5, 5.41) is 13.1. The Balaban J connectivity index is 2.10. The van der Waals surface area contributed by atoms with E-state index in [4.69, 9.17) is 4.42 Å².